The van der Waals surface area contributed by atoms with E-state index >= 15 is 0 Å². The molecule has 1 saturated heterocycles. The highest BCUT2D eigenvalue weighted by Gasteiger charge is 2.31. The summed E-state index contributed by atoms with van der Waals surface area (Å²) < 4.78 is 29.2. The zero-order valence-corrected chi connectivity index (χ0v) is 9.71. The highest BCUT2D eigenvalue weighted by atomic mass is 32.2. The Morgan fingerprint density at radius 2 is 2.27 bits per heavy atom. The quantitative estimate of drug-likeness (QED) is 0.622. The van der Waals surface area contributed by atoms with Crippen molar-refractivity contribution in [3.05, 3.63) is 0 Å². The summed E-state index contributed by atoms with van der Waals surface area (Å²) in [7, 11) is -2.35. The van der Waals surface area contributed by atoms with Crippen molar-refractivity contribution in [2.45, 2.75) is 13.0 Å². The first-order chi connectivity index (χ1) is 6.97. The summed E-state index contributed by atoms with van der Waals surface area (Å²) >= 11 is 0. The molecule has 1 aliphatic rings. The van der Waals surface area contributed by atoms with E-state index < -0.39 is 21.7 Å². The number of sulfonamides is 1. The number of nitrogens with zero attached hydrogens (tertiary/aromatic N) is 1. The molecule has 0 aromatic heterocycles. The molecule has 1 rings (SSSR count). The summed E-state index contributed by atoms with van der Waals surface area (Å²) in [5.74, 6) is -1.30. The Morgan fingerprint density at radius 1 is 1.60 bits per heavy atom. The van der Waals surface area contributed by atoms with Gasteiger partial charge in [-0.15, -0.1) is 0 Å². The van der Waals surface area contributed by atoms with Crippen LogP contribution in [0.3, 0.4) is 0 Å². The number of piperazine rings is 1. The maximum absolute atomic E-state index is 11.8. The standard InChI is InChI=1S/C8H16N2O4S/c1-7-5-9-3-4-10(7)15(12,13)6-8(11)14-2/h7,9H,3-6H2,1-2H3/t7-/m1/s1. The summed E-state index contributed by atoms with van der Waals surface area (Å²) in [6.45, 7) is 3.44. The Labute approximate surface area is 89.6 Å². The molecule has 15 heavy (non-hydrogen) atoms. The van der Waals surface area contributed by atoms with Crippen molar-refractivity contribution >= 4 is 16.0 Å². The van der Waals surface area contributed by atoms with Crippen LogP contribution in [0.4, 0.5) is 0 Å². The van der Waals surface area contributed by atoms with Gasteiger partial charge in [-0.3, -0.25) is 4.79 Å². The number of carbonyl (C=O) groups excluding carboxylic acids is 1. The Bertz CT molecular complexity index is 328. The minimum absolute atomic E-state index is 0.117. The number of hydrogen-bond acceptors (Lipinski definition) is 5. The van der Waals surface area contributed by atoms with Gasteiger partial charge in [0.1, 0.15) is 0 Å². The van der Waals surface area contributed by atoms with E-state index in [1.54, 1.807) is 6.92 Å². The second kappa shape index (κ2) is 4.91. The van der Waals surface area contributed by atoms with Crippen LogP contribution in [0.2, 0.25) is 0 Å². The molecule has 1 atom stereocenters. The molecular weight excluding hydrogens is 220 g/mol. The van der Waals surface area contributed by atoms with Crippen molar-refractivity contribution in [1.82, 2.24) is 9.62 Å². The fourth-order valence-electron chi connectivity index (χ4n) is 1.53. The molecule has 0 aromatic rings. The van der Waals surface area contributed by atoms with Crippen LogP contribution in [-0.2, 0) is 19.6 Å². The zero-order valence-electron chi connectivity index (χ0n) is 8.89. The van der Waals surface area contributed by atoms with Gasteiger partial charge >= 0.3 is 5.97 Å². The SMILES string of the molecule is COC(=O)CS(=O)(=O)N1CCNC[C@H]1C. The zero-order chi connectivity index (χ0) is 11.5. The Kier molecular flexibility index (Phi) is 4.06. The van der Waals surface area contributed by atoms with E-state index in [2.05, 4.69) is 10.1 Å². The van der Waals surface area contributed by atoms with Gasteiger partial charge in [0.05, 0.1) is 7.11 Å². The first-order valence-corrected chi connectivity index (χ1v) is 6.35. The lowest BCUT2D eigenvalue weighted by Crippen LogP contribution is -2.53. The lowest BCUT2D eigenvalue weighted by Gasteiger charge is -2.32. The normalized spacial score (nSPS) is 23.7. The largest absolute Gasteiger partial charge is 0.468 e. The number of esters is 1. The average Bonchev–Trinajstić information content (AvgIpc) is 2.17. The fraction of sp³-hybridized carbons (Fsp3) is 0.875. The number of carbonyl (C=O) groups is 1. The van der Waals surface area contributed by atoms with Gasteiger partial charge in [0.25, 0.3) is 0 Å². The average molecular weight is 236 g/mol. The van der Waals surface area contributed by atoms with E-state index in [1.807, 2.05) is 0 Å². The molecular formula is C8H16N2O4S. The smallest absolute Gasteiger partial charge is 0.322 e. The number of methoxy groups -OCH3 is 1. The molecule has 0 bridgehead atoms. The van der Waals surface area contributed by atoms with Crippen molar-refractivity contribution in [2.24, 2.45) is 0 Å². The molecule has 0 radical (unpaired) electrons. The van der Waals surface area contributed by atoms with Crippen LogP contribution < -0.4 is 5.32 Å². The van der Waals surface area contributed by atoms with E-state index in [0.29, 0.717) is 19.6 Å². The molecule has 0 aliphatic carbocycles. The lowest BCUT2D eigenvalue weighted by molar-refractivity contribution is -0.137. The number of ether oxygens (including phenoxy) is 1. The van der Waals surface area contributed by atoms with Gasteiger partial charge in [0.2, 0.25) is 10.0 Å². The molecule has 0 amide bonds. The van der Waals surface area contributed by atoms with E-state index in [-0.39, 0.29) is 6.04 Å². The van der Waals surface area contributed by atoms with Crippen molar-refractivity contribution in [3.63, 3.8) is 0 Å². The van der Waals surface area contributed by atoms with Crippen LogP contribution in [0.25, 0.3) is 0 Å². The fourth-order valence-corrected chi connectivity index (χ4v) is 3.10. The third-order valence-corrected chi connectivity index (χ3v) is 4.18. The van der Waals surface area contributed by atoms with Crippen LogP contribution in [0.5, 0.6) is 0 Å². The van der Waals surface area contributed by atoms with E-state index in [0.717, 1.165) is 0 Å². The molecule has 6 nitrogen and oxygen atoms in total. The molecule has 1 heterocycles. The van der Waals surface area contributed by atoms with Crippen molar-refractivity contribution in [3.8, 4) is 0 Å². The molecule has 88 valence electrons. The number of hydrogen-bond donors (Lipinski definition) is 1. The molecule has 0 spiro atoms. The van der Waals surface area contributed by atoms with E-state index in [1.165, 1.54) is 11.4 Å². The first kappa shape index (κ1) is 12.4. The van der Waals surface area contributed by atoms with E-state index in [9.17, 15) is 13.2 Å². The molecule has 0 aromatic carbocycles. The summed E-state index contributed by atoms with van der Waals surface area (Å²) in [6, 6.07) is -0.117. The van der Waals surface area contributed by atoms with Gasteiger partial charge in [-0.25, -0.2) is 8.42 Å². The minimum atomic E-state index is -3.53. The topological polar surface area (TPSA) is 75.7 Å². The number of nitrogens with one attached hydrogen (secondary N) is 1. The van der Waals surface area contributed by atoms with Gasteiger partial charge in [0, 0.05) is 25.7 Å². The van der Waals surface area contributed by atoms with Crippen molar-refractivity contribution in [1.29, 1.82) is 0 Å². The second-order valence-corrected chi connectivity index (χ2v) is 5.42. The monoisotopic (exact) mass is 236 g/mol. The highest BCUT2D eigenvalue weighted by molar-refractivity contribution is 7.89. The third kappa shape index (κ3) is 3.15. The molecule has 7 heteroatoms. The van der Waals surface area contributed by atoms with Crippen molar-refractivity contribution < 1.29 is 17.9 Å². The predicted octanol–water partition coefficient (Wildman–Crippen LogP) is -1.22. The molecule has 1 aliphatic heterocycles. The van der Waals surface area contributed by atoms with E-state index in [4.69, 9.17) is 0 Å². The summed E-state index contributed by atoms with van der Waals surface area (Å²) in [5, 5.41) is 3.08. The lowest BCUT2D eigenvalue weighted by atomic mass is 10.3. The number of rotatable bonds is 3. The third-order valence-electron chi connectivity index (χ3n) is 2.33. The van der Waals surface area contributed by atoms with Gasteiger partial charge in [0.15, 0.2) is 5.75 Å². The van der Waals surface area contributed by atoms with Gasteiger partial charge in [-0.2, -0.15) is 4.31 Å². The van der Waals surface area contributed by atoms with Gasteiger partial charge < -0.3 is 10.1 Å². The molecule has 0 unspecified atom stereocenters. The van der Waals surface area contributed by atoms with Gasteiger partial charge in [-0.1, -0.05) is 0 Å². The van der Waals surface area contributed by atoms with Crippen LogP contribution in [-0.4, -0.2) is 57.2 Å². The summed E-state index contributed by atoms with van der Waals surface area (Å²) in [6.07, 6.45) is 0. The Morgan fingerprint density at radius 3 is 2.80 bits per heavy atom. The van der Waals surface area contributed by atoms with Crippen LogP contribution in [0.1, 0.15) is 6.92 Å². The Balaban J connectivity index is 2.71. The van der Waals surface area contributed by atoms with Crippen molar-refractivity contribution in [2.75, 3.05) is 32.5 Å². The Hall–Kier alpha value is -0.660. The van der Waals surface area contributed by atoms with Crippen LogP contribution in [0.15, 0.2) is 0 Å². The first-order valence-electron chi connectivity index (χ1n) is 4.74. The molecule has 1 N–H and O–H groups in total. The van der Waals surface area contributed by atoms with Gasteiger partial charge in [-0.05, 0) is 6.92 Å². The predicted molar refractivity (Wildman–Crippen MR) is 54.8 cm³/mol. The minimum Gasteiger partial charge on any atom is -0.468 e. The maximum atomic E-state index is 11.8. The maximum Gasteiger partial charge on any atom is 0.322 e. The summed E-state index contributed by atoms with van der Waals surface area (Å²) in [4.78, 5) is 10.9. The molecule has 0 saturated carbocycles. The molecule has 1 fully saturated rings. The van der Waals surface area contributed by atoms with Crippen LogP contribution >= 0.6 is 0 Å². The van der Waals surface area contributed by atoms with Crippen LogP contribution in [0, 0.1) is 0 Å². The highest BCUT2D eigenvalue weighted by Crippen LogP contribution is 2.10. The second-order valence-electron chi connectivity index (χ2n) is 3.50. The summed E-state index contributed by atoms with van der Waals surface area (Å²) in [5.41, 5.74) is 0.